The van der Waals surface area contributed by atoms with Crippen molar-refractivity contribution in [3.8, 4) is 0 Å². The zero-order valence-corrected chi connectivity index (χ0v) is 15.2. The molecule has 0 radical (unpaired) electrons. The van der Waals surface area contributed by atoms with Crippen LogP contribution in [0.2, 0.25) is 0 Å². The molecule has 2 fully saturated rings. The van der Waals surface area contributed by atoms with E-state index in [1.165, 1.54) is 12.8 Å². The Kier molecular flexibility index (Phi) is 5.56. The molecule has 5 nitrogen and oxygen atoms in total. The smallest absolute Gasteiger partial charge is 0.317 e. The number of benzene rings is 1. The largest absolute Gasteiger partial charge is 0.480 e. The van der Waals surface area contributed by atoms with Crippen molar-refractivity contribution in [3.05, 3.63) is 34.3 Å². The number of carboxylic acid groups (broad SMARTS) is 1. The number of hydrogen-bond donors (Lipinski definition) is 2. The molecule has 0 aliphatic heterocycles. The number of halogens is 1. The molecule has 130 valence electrons. The van der Waals surface area contributed by atoms with Gasteiger partial charge in [0.05, 0.1) is 13.0 Å². The summed E-state index contributed by atoms with van der Waals surface area (Å²) in [6, 6.07) is 8.22. The number of carboxylic acids is 1. The van der Waals surface area contributed by atoms with Crippen molar-refractivity contribution >= 4 is 27.8 Å². The molecule has 2 saturated carbocycles. The molecule has 0 spiro atoms. The van der Waals surface area contributed by atoms with E-state index < -0.39 is 5.97 Å². The van der Waals surface area contributed by atoms with E-state index in [2.05, 4.69) is 26.1 Å². The van der Waals surface area contributed by atoms with Crippen molar-refractivity contribution < 1.29 is 14.7 Å². The van der Waals surface area contributed by atoms with Gasteiger partial charge in [0.1, 0.15) is 0 Å². The van der Waals surface area contributed by atoms with Crippen molar-refractivity contribution in [2.24, 2.45) is 5.92 Å². The summed E-state index contributed by atoms with van der Waals surface area (Å²) in [4.78, 5) is 25.2. The topological polar surface area (TPSA) is 69.6 Å². The van der Waals surface area contributed by atoms with Gasteiger partial charge >= 0.3 is 5.97 Å². The summed E-state index contributed by atoms with van der Waals surface area (Å²) in [5.41, 5.74) is 0.985. The number of nitrogens with zero attached hydrogens (tertiary/aromatic N) is 1. The molecule has 24 heavy (non-hydrogen) atoms. The summed E-state index contributed by atoms with van der Waals surface area (Å²) >= 11 is 3.41. The molecule has 0 bridgehead atoms. The zero-order chi connectivity index (χ0) is 17.1. The van der Waals surface area contributed by atoms with Crippen LogP contribution in [0.1, 0.15) is 31.2 Å². The Balaban J connectivity index is 1.43. The van der Waals surface area contributed by atoms with Gasteiger partial charge in [-0.2, -0.15) is 0 Å². The summed E-state index contributed by atoms with van der Waals surface area (Å²) in [7, 11) is 0. The van der Waals surface area contributed by atoms with E-state index in [9.17, 15) is 9.59 Å². The van der Waals surface area contributed by atoms with Crippen LogP contribution in [0.5, 0.6) is 0 Å². The monoisotopic (exact) mass is 394 g/mol. The minimum absolute atomic E-state index is 0.0310. The SMILES string of the molecule is O=C(O)CN(CC1CC1)C1CC(NC(=O)Cc2cccc(Br)c2)C1. The Hall–Kier alpha value is -1.40. The second kappa shape index (κ2) is 7.66. The molecule has 6 heteroatoms. The third-order valence-corrected chi connectivity index (χ3v) is 5.27. The van der Waals surface area contributed by atoms with Crippen LogP contribution >= 0.6 is 15.9 Å². The van der Waals surface area contributed by atoms with E-state index in [4.69, 9.17) is 5.11 Å². The molecule has 3 rings (SSSR count). The van der Waals surface area contributed by atoms with Gasteiger partial charge in [0, 0.05) is 23.1 Å². The lowest BCUT2D eigenvalue weighted by Crippen LogP contribution is -2.55. The van der Waals surface area contributed by atoms with E-state index in [-0.39, 0.29) is 24.5 Å². The lowest BCUT2D eigenvalue weighted by Gasteiger charge is -2.42. The Labute approximate surface area is 150 Å². The molecule has 1 aromatic carbocycles. The van der Waals surface area contributed by atoms with Crippen molar-refractivity contribution in [2.45, 2.75) is 44.2 Å². The quantitative estimate of drug-likeness (QED) is 0.710. The predicted octanol–water partition coefficient (Wildman–Crippen LogP) is 2.44. The van der Waals surface area contributed by atoms with Gasteiger partial charge in [-0.1, -0.05) is 28.1 Å². The van der Waals surface area contributed by atoms with E-state index in [0.717, 1.165) is 29.4 Å². The average Bonchev–Trinajstić information content (AvgIpc) is 3.25. The summed E-state index contributed by atoms with van der Waals surface area (Å²) in [5.74, 6) is -0.0594. The van der Waals surface area contributed by atoms with E-state index >= 15 is 0 Å². The summed E-state index contributed by atoms with van der Waals surface area (Å²) in [5, 5.41) is 12.1. The molecule has 1 aromatic rings. The van der Waals surface area contributed by atoms with Crippen LogP contribution in [0.25, 0.3) is 0 Å². The maximum absolute atomic E-state index is 12.1. The fourth-order valence-electron chi connectivity index (χ4n) is 3.26. The third kappa shape index (κ3) is 5.05. The number of carbonyl (C=O) groups is 2. The molecule has 0 aromatic heterocycles. The lowest BCUT2D eigenvalue weighted by molar-refractivity contribution is -0.140. The molecule has 2 aliphatic carbocycles. The van der Waals surface area contributed by atoms with Gasteiger partial charge in [0.15, 0.2) is 0 Å². The van der Waals surface area contributed by atoms with Crippen LogP contribution in [0.4, 0.5) is 0 Å². The van der Waals surface area contributed by atoms with Crippen LogP contribution in [-0.2, 0) is 16.0 Å². The Morgan fingerprint density at radius 1 is 1.29 bits per heavy atom. The van der Waals surface area contributed by atoms with Gasteiger partial charge in [-0.05, 0) is 49.3 Å². The second-order valence-electron chi connectivity index (χ2n) is 6.96. The highest BCUT2D eigenvalue weighted by Gasteiger charge is 2.37. The normalized spacial score (nSPS) is 22.9. The van der Waals surface area contributed by atoms with Crippen molar-refractivity contribution in [1.82, 2.24) is 10.2 Å². The van der Waals surface area contributed by atoms with Crippen molar-refractivity contribution in [1.29, 1.82) is 0 Å². The van der Waals surface area contributed by atoms with Crippen LogP contribution in [-0.4, -0.2) is 47.1 Å². The van der Waals surface area contributed by atoms with Crippen molar-refractivity contribution in [2.75, 3.05) is 13.1 Å². The highest BCUT2D eigenvalue weighted by molar-refractivity contribution is 9.10. The highest BCUT2D eigenvalue weighted by Crippen LogP contribution is 2.33. The molecule has 2 aliphatic rings. The van der Waals surface area contributed by atoms with E-state index in [1.54, 1.807) is 0 Å². The molecule has 0 atom stereocenters. The van der Waals surface area contributed by atoms with Gasteiger partial charge in [0.25, 0.3) is 0 Å². The first-order chi connectivity index (χ1) is 11.5. The Morgan fingerprint density at radius 2 is 2.04 bits per heavy atom. The molecular weight excluding hydrogens is 372 g/mol. The zero-order valence-electron chi connectivity index (χ0n) is 13.6. The fraction of sp³-hybridized carbons (Fsp3) is 0.556. The number of hydrogen-bond acceptors (Lipinski definition) is 3. The van der Waals surface area contributed by atoms with Crippen LogP contribution in [0, 0.1) is 5.92 Å². The van der Waals surface area contributed by atoms with Crippen LogP contribution < -0.4 is 5.32 Å². The van der Waals surface area contributed by atoms with Gasteiger partial charge in [-0.15, -0.1) is 0 Å². The van der Waals surface area contributed by atoms with Gasteiger partial charge in [0.2, 0.25) is 5.91 Å². The third-order valence-electron chi connectivity index (χ3n) is 4.78. The van der Waals surface area contributed by atoms with E-state index in [1.807, 2.05) is 24.3 Å². The Bertz CT molecular complexity index is 612. The summed E-state index contributed by atoms with van der Waals surface area (Å²) in [6.45, 7) is 0.996. The number of amides is 1. The first-order valence-corrected chi connectivity index (χ1v) is 9.28. The second-order valence-corrected chi connectivity index (χ2v) is 7.88. The highest BCUT2D eigenvalue weighted by atomic mass is 79.9. The maximum atomic E-state index is 12.1. The fourth-order valence-corrected chi connectivity index (χ4v) is 3.71. The average molecular weight is 395 g/mol. The first-order valence-electron chi connectivity index (χ1n) is 8.49. The van der Waals surface area contributed by atoms with Crippen molar-refractivity contribution in [3.63, 3.8) is 0 Å². The molecular formula is C18H23BrN2O3. The molecule has 1 amide bonds. The number of aliphatic carboxylic acids is 1. The number of rotatable bonds is 8. The minimum Gasteiger partial charge on any atom is -0.480 e. The number of nitrogens with one attached hydrogen (secondary N) is 1. The lowest BCUT2D eigenvalue weighted by atomic mass is 9.85. The summed E-state index contributed by atoms with van der Waals surface area (Å²) < 4.78 is 0.973. The summed E-state index contributed by atoms with van der Waals surface area (Å²) in [6.07, 6.45) is 4.52. The van der Waals surface area contributed by atoms with E-state index in [0.29, 0.717) is 12.3 Å². The van der Waals surface area contributed by atoms with Crippen LogP contribution in [0.15, 0.2) is 28.7 Å². The first kappa shape index (κ1) is 17.4. The maximum Gasteiger partial charge on any atom is 0.317 e. The van der Waals surface area contributed by atoms with Crippen LogP contribution in [0.3, 0.4) is 0 Å². The molecule has 0 heterocycles. The molecule has 0 saturated heterocycles. The standard InChI is InChI=1S/C18H23BrN2O3/c19-14-3-1-2-13(6-14)7-17(22)20-15-8-16(9-15)21(11-18(23)24)10-12-4-5-12/h1-3,6,12,15-16H,4-5,7-11H2,(H,20,22)(H,23,24). The van der Waals surface area contributed by atoms with Gasteiger partial charge in [-0.25, -0.2) is 0 Å². The number of carbonyl (C=O) groups excluding carboxylic acids is 1. The van der Waals surface area contributed by atoms with Gasteiger partial charge in [-0.3, -0.25) is 14.5 Å². The van der Waals surface area contributed by atoms with Gasteiger partial charge < -0.3 is 10.4 Å². The Morgan fingerprint density at radius 3 is 2.67 bits per heavy atom. The predicted molar refractivity (Wildman–Crippen MR) is 94.7 cm³/mol. The molecule has 0 unspecified atom stereocenters. The minimum atomic E-state index is -0.766. The molecule has 2 N–H and O–H groups in total.